The molecule has 4 bridgehead atoms. The highest BCUT2D eigenvalue weighted by molar-refractivity contribution is 5.78. The van der Waals surface area contributed by atoms with Gasteiger partial charge in [0.1, 0.15) is 0 Å². The van der Waals surface area contributed by atoms with E-state index in [1.54, 1.807) is 0 Å². The largest absolute Gasteiger partial charge is 0.390 e. The normalized spacial score (nSPS) is 43.4. The van der Waals surface area contributed by atoms with Gasteiger partial charge in [-0.2, -0.15) is 0 Å². The van der Waals surface area contributed by atoms with Gasteiger partial charge in [-0.1, -0.05) is 12.8 Å². The van der Waals surface area contributed by atoms with Gasteiger partial charge in [-0.25, -0.2) is 0 Å². The molecule has 136 valence electrons. The fourth-order valence-corrected chi connectivity index (χ4v) is 6.73. The Morgan fingerprint density at radius 2 is 1.75 bits per heavy atom. The van der Waals surface area contributed by atoms with Crippen LogP contribution in [0.2, 0.25) is 0 Å². The number of nitrogens with one attached hydrogen (secondary N) is 1. The molecule has 3 atom stereocenters. The van der Waals surface area contributed by atoms with Gasteiger partial charge in [0.15, 0.2) is 0 Å². The summed E-state index contributed by atoms with van der Waals surface area (Å²) in [5.74, 6) is 1.55. The molecule has 4 heteroatoms. The second-order valence-corrected chi connectivity index (χ2v) is 9.53. The van der Waals surface area contributed by atoms with Crippen LogP contribution in [0.25, 0.3) is 0 Å². The van der Waals surface area contributed by atoms with Gasteiger partial charge in [0.05, 0.1) is 12.1 Å². The van der Waals surface area contributed by atoms with Crippen LogP contribution >= 0.6 is 0 Å². The van der Waals surface area contributed by atoms with Crippen LogP contribution in [0.4, 0.5) is 0 Å². The van der Waals surface area contributed by atoms with E-state index in [-0.39, 0.29) is 17.4 Å². The molecule has 5 aliphatic rings. The lowest BCUT2D eigenvalue weighted by Crippen LogP contribution is -2.62. The molecule has 1 amide bonds. The van der Waals surface area contributed by atoms with Crippen molar-refractivity contribution in [3.05, 3.63) is 0 Å². The number of hydrogen-bond acceptors (Lipinski definition) is 3. The van der Waals surface area contributed by atoms with E-state index in [0.29, 0.717) is 18.4 Å². The lowest BCUT2D eigenvalue weighted by Gasteiger charge is -2.62. The Kier molecular flexibility index (Phi) is 4.41. The summed E-state index contributed by atoms with van der Waals surface area (Å²) in [6, 6.07) is 0.189. The molecule has 0 unspecified atom stereocenters. The average molecular weight is 335 g/mol. The predicted molar refractivity (Wildman–Crippen MR) is 94.6 cm³/mol. The second-order valence-electron chi connectivity index (χ2n) is 9.53. The molecule has 24 heavy (non-hydrogen) atoms. The van der Waals surface area contributed by atoms with Gasteiger partial charge >= 0.3 is 0 Å². The summed E-state index contributed by atoms with van der Waals surface area (Å²) >= 11 is 0. The zero-order valence-electron chi connectivity index (χ0n) is 15.2. The average Bonchev–Trinajstić information content (AvgIpc) is 2.73. The van der Waals surface area contributed by atoms with Crippen molar-refractivity contribution in [1.82, 2.24) is 10.2 Å². The van der Waals surface area contributed by atoms with Crippen LogP contribution in [-0.4, -0.2) is 47.2 Å². The third kappa shape index (κ3) is 3.24. The van der Waals surface area contributed by atoms with Crippen LogP contribution in [0.3, 0.4) is 0 Å². The van der Waals surface area contributed by atoms with Crippen LogP contribution in [0, 0.1) is 17.3 Å². The Bertz CT molecular complexity index is 470. The van der Waals surface area contributed by atoms with Crippen molar-refractivity contribution in [3.63, 3.8) is 0 Å². The third-order valence-electron chi connectivity index (χ3n) is 7.44. The highest BCUT2D eigenvalue weighted by atomic mass is 16.3. The fourth-order valence-electron chi connectivity index (χ4n) is 6.73. The minimum absolute atomic E-state index is 0.146. The van der Waals surface area contributed by atoms with Gasteiger partial charge in [-0.05, 0) is 88.6 Å². The van der Waals surface area contributed by atoms with E-state index in [2.05, 4.69) is 17.1 Å². The quantitative estimate of drug-likeness (QED) is 0.831. The van der Waals surface area contributed by atoms with Gasteiger partial charge < -0.3 is 10.4 Å². The molecule has 2 N–H and O–H groups in total. The summed E-state index contributed by atoms with van der Waals surface area (Å²) in [4.78, 5) is 14.9. The van der Waals surface area contributed by atoms with E-state index in [9.17, 15) is 9.90 Å². The molecular weight excluding hydrogens is 300 g/mol. The molecule has 0 aromatic carbocycles. The van der Waals surface area contributed by atoms with Gasteiger partial charge in [0.25, 0.3) is 0 Å². The van der Waals surface area contributed by atoms with Crippen molar-refractivity contribution in [2.24, 2.45) is 17.3 Å². The monoisotopic (exact) mass is 334 g/mol. The lowest BCUT2D eigenvalue weighted by atomic mass is 9.46. The van der Waals surface area contributed by atoms with Gasteiger partial charge in [0.2, 0.25) is 5.91 Å². The molecule has 0 aromatic rings. The van der Waals surface area contributed by atoms with Crippen molar-refractivity contribution < 1.29 is 9.90 Å². The maximum Gasteiger partial charge on any atom is 0.234 e. The van der Waals surface area contributed by atoms with Gasteiger partial charge in [0, 0.05) is 6.04 Å². The van der Waals surface area contributed by atoms with Crippen LogP contribution in [-0.2, 0) is 4.79 Å². The molecule has 1 aliphatic heterocycles. The number of hydrogen-bond donors (Lipinski definition) is 2. The van der Waals surface area contributed by atoms with E-state index in [4.69, 9.17) is 0 Å². The van der Waals surface area contributed by atoms with Crippen LogP contribution < -0.4 is 5.32 Å². The standard InChI is InChI=1S/C20H34N2O2/c1-15(21-18(23)13-22-6-4-2-3-5-7-22)19-9-16-8-17(10-19)12-20(24,11-16)14-19/h15-17,24H,2-14H2,1H3,(H,21,23)/t15-,16-,17-,19?,20?/m1/s1. The maximum atomic E-state index is 12.6. The molecular formula is C20H34N2O2. The minimum atomic E-state index is -0.437. The van der Waals surface area contributed by atoms with Crippen molar-refractivity contribution >= 4 is 5.91 Å². The van der Waals surface area contributed by atoms with Crippen molar-refractivity contribution in [1.29, 1.82) is 0 Å². The Morgan fingerprint density at radius 3 is 2.33 bits per heavy atom. The smallest absolute Gasteiger partial charge is 0.234 e. The number of aliphatic hydroxyl groups is 1. The van der Waals surface area contributed by atoms with E-state index in [0.717, 1.165) is 32.4 Å². The first-order valence-electron chi connectivity index (χ1n) is 10.2. The number of rotatable bonds is 4. The molecule has 4 saturated carbocycles. The van der Waals surface area contributed by atoms with E-state index in [1.165, 1.54) is 44.9 Å². The maximum absolute atomic E-state index is 12.6. The minimum Gasteiger partial charge on any atom is -0.390 e. The van der Waals surface area contributed by atoms with Gasteiger partial charge in [-0.3, -0.25) is 9.69 Å². The topological polar surface area (TPSA) is 52.6 Å². The highest BCUT2D eigenvalue weighted by Gasteiger charge is 2.58. The summed E-state index contributed by atoms with van der Waals surface area (Å²) in [6.45, 7) is 4.88. The summed E-state index contributed by atoms with van der Waals surface area (Å²) in [7, 11) is 0. The highest BCUT2D eigenvalue weighted by Crippen LogP contribution is 2.62. The Balaban J connectivity index is 1.37. The molecule has 5 rings (SSSR count). The first-order chi connectivity index (χ1) is 11.5. The van der Waals surface area contributed by atoms with Crippen LogP contribution in [0.1, 0.15) is 71.1 Å². The van der Waals surface area contributed by atoms with Gasteiger partial charge in [-0.15, -0.1) is 0 Å². The van der Waals surface area contributed by atoms with E-state index < -0.39 is 5.60 Å². The Hall–Kier alpha value is -0.610. The molecule has 0 aromatic heterocycles. The number of amides is 1. The lowest BCUT2D eigenvalue weighted by molar-refractivity contribution is -0.173. The molecule has 4 nitrogen and oxygen atoms in total. The number of carbonyl (C=O) groups is 1. The molecule has 5 fully saturated rings. The zero-order chi connectivity index (χ0) is 16.8. The second kappa shape index (κ2) is 6.28. The number of nitrogens with zero attached hydrogens (tertiary/aromatic N) is 1. The molecule has 0 radical (unpaired) electrons. The fraction of sp³-hybridized carbons (Fsp3) is 0.950. The Labute approximate surface area is 146 Å². The Morgan fingerprint density at radius 1 is 1.12 bits per heavy atom. The number of likely N-dealkylation sites (tertiary alicyclic amines) is 1. The summed E-state index contributed by atoms with van der Waals surface area (Å²) in [6.07, 6.45) is 11.7. The van der Waals surface area contributed by atoms with Crippen molar-refractivity contribution in [3.8, 4) is 0 Å². The predicted octanol–water partition coefficient (Wildman–Crippen LogP) is 2.70. The van der Waals surface area contributed by atoms with E-state index >= 15 is 0 Å². The van der Waals surface area contributed by atoms with Crippen molar-refractivity contribution in [2.45, 2.75) is 82.8 Å². The molecule has 0 spiro atoms. The van der Waals surface area contributed by atoms with Crippen LogP contribution in [0.5, 0.6) is 0 Å². The zero-order valence-corrected chi connectivity index (χ0v) is 15.2. The molecule has 1 saturated heterocycles. The van der Waals surface area contributed by atoms with E-state index in [1.807, 2.05) is 0 Å². The van der Waals surface area contributed by atoms with Crippen LogP contribution in [0.15, 0.2) is 0 Å². The summed E-state index contributed by atoms with van der Waals surface area (Å²) < 4.78 is 0. The first-order valence-corrected chi connectivity index (χ1v) is 10.2. The summed E-state index contributed by atoms with van der Waals surface area (Å²) in [5, 5.41) is 14.3. The SMILES string of the molecule is C[C@@H](NC(=O)CN1CCCCCC1)C12C[C@H]3C[C@@H](CC(O)(C3)C1)C2. The summed E-state index contributed by atoms with van der Waals surface area (Å²) in [5.41, 5.74) is -0.291. The number of carbonyl (C=O) groups excluding carboxylic acids is 1. The first kappa shape index (κ1) is 16.8. The van der Waals surface area contributed by atoms with Crippen molar-refractivity contribution in [2.75, 3.05) is 19.6 Å². The molecule has 4 aliphatic carbocycles. The molecule has 1 heterocycles. The third-order valence-corrected chi connectivity index (χ3v) is 7.44.